The molecule has 2 aliphatic carbocycles. The molecular weight excluding hydrogens is 941 g/mol. The summed E-state index contributed by atoms with van der Waals surface area (Å²) in [7, 11) is 0. The van der Waals surface area contributed by atoms with E-state index in [0.29, 0.717) is 50.5 Å². The maximum atomic E-state index is 13.3. The zero-order valence-corrected chi connectivity index (χ0v) is 40.5. The largest absolute Gasteiger partial charge is 0.388 e. The number of ether oxygens (including phenoxy) is 4. The van der Waals surface area contributed by atoms with Crippen LogP contribution in [0.3, 0.4) is 0 Å². The lowest BCUT2D eigenvalue weighted by Crippen LogP contribution is -2.52. The molecule has 74 heavy (non-hydrogen) atoms. The predicted molar refractivity (Wildman–Crippen MR) is 277 cm³/mol. The average Bonchev–Trinajstić information content (AvgIpc) is 4.35. The van der Waals surface area contributed by atoms with Crippen LogP contribution in [-0.4, -0.2) is 101 Å². The zero-order chi connectivity index (χ0) is 50.4. The molecule has 4 amide bonds. The highest BCUT2D eigenvalue weighted by Gasteiger charge is 2.54. The fourth-order valence-corrected chi connectivity index (χ4v) is 13.6. The van der Waals surface area contributed by atoms with Gasteiger partial charge in [-0.25, -0.2) is 0 Å². The van der Waals surface area contributed by atoms with Crippen LogP contribution in [0.15, 0.2) is 109 Å². The number of hydrogen-bond donors (Lipinski definition) is 6. The number of rotatable bonds is 2. The van der Waals surface area contributed by atoms with Crippen molar-refractivity contribution >= 4 is 111 Å². The van der Waals surface area contributed by atoms with E-state index < -0.39 is 53.8 Å². The van der Waals surface area contributed by atoms with E-state index in [1.54, 1.807) is 13.8 Å². The summed E-state index contributed by atoms with van der Waals surface area (Å²) < 4.78 is 28.7. The average molecular weight is 989 g/mol. The molecule has 16 nitrogen and oxygen atoms in total. The lowest BCUT2D eigenvalue weighted by atomic mass is 9.85. The number of hydrogen-bond acceptors (Lipinski definition) is 10. The van der Waals surface area contributed by atoms with Gasteiger partial charge < -0.3 is 48.3 Å². The van der Waals surface area contributed by atoms with E-state index in [1.165, 1.54) is 0 Å². The van der Waals surface area contributed by atoms with Gasteiger partial charge in [-0.05, 0) is 58.4 Å². The number of imide groups is 2. The third-order valence-electron chi connectivity index (χ3n) is 16.2. The van der Waals surface area contributed by atoms with E-state index in [1.807, 2.05) is 109 Å². The van der Waals surface area contributed by atoms with Gasteiger partial charge >= 0.3 is 0 Å². The van der Waals surface area contributed by atoms with Gasteiger partial charge in [0.1, 0.15) is 24.4 Å². The monoisotopic (exact) mass is 988 g/mol. The van der Waals surface area contributed by atoms with Crippen LogP contribution in [-0.2, 0) is 18.9 Å². The Balaban J connectivity index is 0.000000131. The summed E-state index contributed by atoms with van der Waals surface area (Å²) in [5.41, 5.74) is 8.37. The number of aliphatic hydroxyl groups excluding tert-OH is 2. The molecule has 370 valence electrons. The van der Waals surface area contributed by atoms with Crippen molar-refractivity contribution in [2.24, 2.45) is 0 Å². The molecule has 6 aliphatic rings. The highest BCUT2D eigenvalue weighted by Crippen LogP contribution is 2.50. The van der Waals surface area contributed by atoms with Crippen molar-refractivity contribution in [2.45, 2.75) is 101 Å². The normalized spacial score (nSPS) is 26.7. The predicted octanol–water partition coefficient (Wildman–Crippen LogP) is 8.83. The Bertz CT molecular complexity index is 4250. The van der Waals surface area contributed by atoms with E-state index in [4.69, 9.17) is 18.9 Å². The number of nitrogens with zero attached hydrogens (tertiary/aromatic N) is 2. The van der Waals surface area contributed by atoms with Crippen LogP contribution < -0.4 is 10.6 Å². The zero-order valence-electron chi connectivity index (χ0n) is 40.5. The van der Waals surface area contributed by atoms with Crippen LogP contribution in [0.1, 0.15) is 94.1 Å². The molecular formula is C58H48N6O10. The van der Waals surface area contributed by atoms with Crippen molar-refractivity contribution < 1.29 is 48.3 Å². The van der Waals surface area contributed by atoms with Crippen LogP contribution >= 0.6 is 0 Å². The van der Waals surface area contributed by atoms with E-state index >= 15 is 0 Å². The van der Waals surface area contributed by atoms with E-state index in [2.05, 4.69) is 43.4 Å². The van der Waals surface area contributed by atoms with Gasteiger partial charge in [-0.2, -0.15) is 0 Å². The molecule has 4 aromatic heterocycles. The molecule has 0 spiro atoms. The second-order valence-corrected chi connectivity index (χ2v) is 21.4. The molecule has 1 saturated carbocycles. The lowest BCUT2D eigenvalue weighted by molar-refractivity contribution is -0.160. The Hall–Kier alpha value is -7.70. The highest BCUT2D eigenvalue weighted by molar-refractivity contribution is 6.41. The molecule has 16 rings (SSSR count). The molecule has 8 atom stereocenters. The number of H-pyrrole nitrogens is 2. The number of carbonyl (C=O) groups is 4. The number of para-hydroxylation sites is 4. The molecule has 6 aromatic carbocycles. The number of benzene rings is 6. The number of aromatic amines is 2. The van der Waals surface area contributed by atoms with Crippen LogP contribution in [0, 0.1) is 0 Å². The summed E-state index contributed by atoms with van der Waals surface area (Å²) in [6.45, 7) is 7.49. The first kappa shape index (κ1) is 43.8. The van der Waals surface area contributed by atoms with Crippen molar-refractivity contribution in [1.82, 2.24) is 29.7 Å². The number of aliphatic hydroxyl groups is 2. The van der Waals surface area contributed by atoms with Crippen LogP contribution in [0.5, 0.6) is 0 Å². The Morgan fingerprint density at radius 3 is 1.53 bits per heavy atom. The molecule has 3 fully saturated rings. The summed E-state index contributed by atoms with van der Waals surface area (Å²) in [5, 5.41) is 34.1. The Morgan fingerprint density at radius 1 is 0.500 bits per heavy atom. The first-order valence-corrected chi connectivity index (χ1v) is 25.1. The number of aromatic nitrogens is 4. The van der Waals surface area contributed by atoms with Crippen molar-refractivity contribution in [2.75, 3.05) is 0 Å². The molecule has 10 aromatic rings. The lowest BCUT2D eigenvalue weighted by Gasteiger charge is -2.39. The molecule has 0 bridgehead atoms. The number of fused-ring (bicyclic) bond motifs is 22. The summed E-state index contributed by atoms with van der Waals surface area (Å²) >= 11 is 0. The minimum Gasteiger partial charge on any atom is -0.388 e. The molecule has 2 saturated heterocycles. The van der Waals surface area contributed by atoms with Gasteiger partial charge in [0.25, 0.3) is 23.6 Å². The maximum Gasteiger partial charge on any atom is 0.259 e. The number of amides is 4. The number of nitrogens with one attached hydrogen (secondary N) is 4. The molecule has 8 heterocycles. The Morgan fingerprint density at radius 2 is 0.959 bits per heavy atom. The highest BCUT2D eigenvalue weighted by atomic mass is 16.8. The minimum atomic E-state index is -1.17. The van der Waals surface area contributed by atoms with Crippen molar-refractivity contribution in [3.63, 3.8) is 0 Å². The maximum absolute atomic E-state index is 13.3. The van der Waals surface area contributed by atoms with Crippen molar-refractivity contribution in [3.8, 4) is 0 Å². The topological polar surface area (TPSA) is 211 Å². The summed E-state index contributed by atoms with van der Waals surface area (Å²) in [6.07, 6.45) is 1.86. The van der Waals surface area contributed by atoms with Gasteiger partial charge in [-0.3, -0.25) is 29.8 Å². The Kier molecular flexibility index (Phi) is 8.87. The first-order chi connectivity index (χ1) is 35.7. The second-order valence-electron chi connectivity index (χ2n) is 21.4. The van der Waals surface area contributed by atoms with Gasteiger partial charge in [-0.15, -0.1) is 0 Å². The van der Waals surface area contributed by atoms with Crippen molar-refractivity contribution in [3.05, 3.63) is 131 Å². The molecule has 4 aliphatic heterocycles. The molecule has 16 heteroatoms. The molecule has 6 N–H and O–H groups in total. The third-order valence-corrected chi connectivity index (χ3v) is 16.2. The minimum absolute atomic E-state index is 0.0148. The van der Waals surface area contributed by atoms with Crippen molar-refractivity contribution in [1.29, 1.82) is 0 Å². The van der Waals surface area contributed by atoms with Crippen LogP contribution in [0.25, 0.3) is 87.2 Å². The standard InChI is InChI=1S/C29H25N3O6.C29H23N3O4/c1-29(2)37-17-11-16(24(33)25(34)26(17)38-29)32-15-10-6-4-8-13(15)19-21-20(27(35)31-28(21)36)18-12-7-3-5-9-14(12)30-22(18)23(19)32;1-29(2)35-19-12-11-14(13-20(19)36-29)32-18-10-6-4-8-16(18)22-24-23(27(33)31-28(24)34)21-15-7-3-5-9-17(15)30-25(21)26(22)32/h3-10,16-17,24-26,30,33-34H,11H2,1-2H3,(H,31,35,36);3-12,14,19-20,30H,13H2,1-2H3,(H,31,33,34)/t16-,17+,24+,25+,26+;14-,19-,20+/m00/s1. The summed E-state index contributed by atoms with van der Waals surface area (Å²) in [4.78, 5) is 59.9. The van der Waals surface area contributed by atoms with E-state index in [0.717, 1.165) is 71.8 Å². The SMILES string of the molecule is CC1(C)O[C@H]2C=C[C@H](n3c4ccccc4c4c5c(c6c7ccccc7[nH]c6c43)C(=O)NC5=O)C[C@H]2O1.CC1(C)O[C@H]2[C@H](O)[C@H](O)[C@@H](n3c4ccccc4c4c5c(c6c7ccccc7[nH]c6c43)C(=O)NC5=O)C[C@H]2O1. The van der Waals surface area contributed by atoms with Gasteiger partial charge in [-0.1, -0.05) is 84.9 Å². The fourth-order valence-electron chi connectivity index (χ4n) is 13.6. The third kappa shape index (κ3) is 5.88. The van der Waals surface area contributed by atoms with Crippen LogP contribution in [0.4, 0.5) is 0 Å². The van der Waals surface area contributed by atoms with Gasteiger partial charge in [0.15, 0.2) is 11.6 Å². The van der Waals surface area contributed by atoms with Crippen LogP contribution in [0.2, 0.25) is 0 Å². The Labute approximate surface area is 419 Å². The van der Waals surface area contributed by atoms with Gasteiger partial charge in [0.05, 0.1) is 68.6 Å². The molecule has 0 radical (unpaired) electrons. The molecule has 0 unspecified atom stereocenters. The summed E-state index contributed by atoms with van der Waals surface area (Å²) in [5.74, 6) is -3.06. The number of carbonyl (C=O) groups excluding carboxylic acids is 4. The summed E-state index contributed by atoms with van der Waals surface area (Å²) in [6, 6.07) is 30.8. The smallest absolute Gasteiger partial charge is 0.259 e. The van der Waals surface area contributed by atoms with E-state index in [9.17, 15) is 29.4 Å². The van der Waals surface area contributed by atoms with E-state index in [-0.39, 0.29) is 30.1 Å². The number of allylic oxidation sites excluding steroid dienone is 1. The van der Waals surface area contributed by atoms with Gasteiger partial charge in [0, 0.05) is 71.6 Å². The second kappa shape index (κ2) is 15.0. The fraction of sp³-hybridized carbons (Fsp3) is 0.276. The van der Waals surface area contributed by atoms with Gasteiger partial charge in [0.2, 0.25) is 0 Å². The quantitative estimate of drug-likeness (QED) is 0.0716. The first-order valence-electron chi connectivity index (χ1n) is 25.1.